The Bertz CT molecular complexity index is 2520. The normalized spacial score (nSPS) is 11.4. The Labute approximate surface area is 310 Å². The van der Waals surface area contributed by atoms with Crippen molar-refractivity contribution >= 4 is 68.2 Å². The Morgan fingerprint density at radius 3 is 1.71 bits per heavy atom. The molecule has 0 fully saturated rings. The highest BCUT2D eigenvalue weighted by atomic mass is 35.5. The topological polar surface area (TPSA) is 138 Å². The van der Waals surface area contributed by atoms with E-state index in [2.05, 4.69) is 4.98 Å². The van der Waals surface area contributed by atoms with Gasteiger partial charge < -0.3 is 19.6 Å². The molecule has 4 aromatic carbocycles. The Morgan fingerprint density at radius 1 is 0.667 bits per heavy atom. The van der Waals surface area contributed by atoms with E-state index in [-0.39, 0.29) is 25.2 Å². The van der Waals surface area contributed by atoms with Crippen molar-refractivity contribution in [3.05, 3.63) is 146 Å². The monoisotopic (exact) mass is 772 g/mol. The van der Waals surface area contributed by atoms with Crippen LogP contribution in [0.3, 0.4) is 0 Å². The van der Waals surface area contributed by atoms with Crippen LogP contribution in [0.1, 0.15) is 25.0 Å². The number of fused-ring (bicyclic) bond motifs is 2. The first kappa shape index (κ1) is 37.7. The standard InChI is InChI=1S/C20H20Cl2N2O4.C16H12Cl2N2O3/c1-20(2,27)11-24-16-9-13(21)5-6-14(16)18(25)23(19(24)26)10-12-4-7-17(28-3)15(22)8-12;1-23-14-5-2-9(6-12(14)18)8-20-15(21)11-4-3-10(17)7-13(11)19-16(20)22/h4-9,27H,10-11H2,1-3H3;2-7H,8H2,1H3,(H,19,22). The fraction of sp³-hybridized carbons (Fsp3) is 0.222. The minimum atomic E-state index is -1.16. The van der Waals surface area contributed by atoms with Gasteiger partial charge >= 0.3 is 11.4 Å². The molecule has 6 aromatic rings. The summed E-state index contributed by atoms with van der Waals surface area (Å²) in [5.41, 5.74) is -0.825. The molecule has 0 saturated heterocycles. The molecule has 2 N–H and O–H groups in total. The quantitative estimate of drug-likeness (QED) is 0.184. The Balaban J connectivity index is 0.000000201. The van der Waals surface area contributed by atoms with Gasteiger partial charge in [-0.15, -0.1) is 0 Å². The summed E-state index contributed by atoms with van der Waals surface area (Å²) in [6, 6.07) is 19.7. The third-order valence-electron chi connectivity index (χ3n) is 7.79. The molecule has 266 valence electrons. The molecular formula is C36H32Cl4N4O7. The number of aromatic amines is 1. The van der Waals surface area contributed by atoms with Crippen LogP contribution in [0.5, 0.6) is 11.5 Å². The fourth-order valence-corrected chi connectivity index (χ4v) is 6.32. The van der Waals surface area contributed by atoms with Gasteiger partial charge in [0.15, 0.2) is 0 Å². The third kappa shape index (κ3) is 8.52. The molecule has 0 saturated carbocycles. The molecule has 0 aliphatic carbocycles. The van der Waals surface area contributed by atoms with Gasteiger partial charge in [0.25, 0.3) is 11.1 Å². The zero-order valence-electron chi connectivity index (χ0n) is 27.8. The molecule has 0 spiro atoms. The Hall–Kier alpha value is -4.52. The van der Waals surface area contributed by atoms with Crippen LogP contribution >= 0.6 is 46.4 Å². The summed E-state index contributed by atoms with van der Waals surface area (Å²) in [5, 5.41) is 12.6. The maximum atomic E-state index is 13.1. The minimum Gasteiger partial charge on any atom is -0.495 e. The first-order valence-corrected chi connectivity index (χ1v) is 16.8. The van der Waals surface area contributed by atoms with Crippen molar-refractivity contribution in [3.63, 3.8) is 0 Å². The van der Waals surface area contributed by atoms with E-state index >= 15 is 0 Å². The number of benzene rings is 4. The van der Waals surface area contributed by atoms with Gasteiger partial charge in [0, 0.05) is 10.0 Å². The predicted octanol–water partition coefficient (Wildman–Crippen LogP) is 6.35. The number of ether oxygens (including phenoxy) is 2. The molecule has 0 unspecified atom stereocenters. The van der Waals surface area contributed by atoms with Crippen LogP contribution in [0.25, 0.3) is 21.8 Å². The zero-order valence-corrected chi connectivity index (χ0v) is 30.8. The minimum absolute atomic E-state index is 0.00627. The Morgan fingerprint density at radius 2 is 1.18 bits per heavy atom. The van der Waals surface area contributed by atoms with E-state index in [4.69, 9.17) is 55.9 Å². The number of nitrogens with zero attached hydrogens (tertiary/aromatic N) is 3. The van der Waals surface area contributed by atoms with E-state index < -0.39 is 22.5 Å². The lowest BCUT2D eigenvalue weighted by molar-refractivity contribution is 0.0610. The zero-order chi connectivity index (χ0) is 37.2. The summed E-state index contributed by atoms with van der Waals surface area (Å²) in [6.07, 6.45) is 0. The number of rotatable bonds is 8. The molecular weight excluding hydrogens is 742 g/mol. The van der Waals surface area contributed by atoms with Crippen molar-refractivity contribution < 1.29 is 14.6 Å². The predicted molar refractivity (Wildman–Crippen MR) is 202 cm³/mol. The molecule has 6 rings (SSSR count). The summed E-state index contributed by atoms with van der Waals surface area (Å²) >= 11 is 24.2. The van der Waals surface area contributed by atoms with Crippen molar-refractivity contribution in [1.82, 2.24) is 18.7 Å². The highest BCUT2D eigenvalue weighted by Crippen LogP contribution is 2.26. The van der Waals surface area contributed by atoms with Gasteiger partial charge in [0.1, 0.15) is 11.5 Å². The van der Waals surface area contributed by atoms with Gasteiger partial charge in [0.2, 0.25) is 0 Å². The van der Waals surface area contributed by atoms with Gasteiger partial charge in [-0.1, -0.05) is 58.5 Å². The number of hydrogen-bond acceptors (Lipinski definition) is 7. The number of nitrogens with one attached hydrogen (secondary N) is 1. The van der Waals surface area contributed by atoms with Crippen molar-refractivity contribution in [2.24, 2.45) is 0 Å². The summed E-state index contributed by atoms with van der Waals surface area (Å²) in [5.74, 6) is 1.04. The van der Waals surface area contributed by atoms with Crippen LogP contribution in [0.4, 0.5) is 0 Å². The maximum Gasteiger partial charge on any atom is 0.331 e. The van der Waals surface area contributed by atoms with Crippen LogP contribution in [0, 0.1) is 0 Å². The van der Waals surface area contributed by atoms with Crippen molar-refractivity contribution in [3.8, 4) is 11.5 Å². The largest absolute Gasteiger partial charge is 0.495 e. The lowest BCUT2D eigenvalue weighted by atomic mass is 10.1. The van der Waals surface area contributed by atoms with Gasteiger partial charge in [-0.05, 0) is 85.6 Å². The fourth-order valence-electron chi connectivity index (χ4n) is 5.42. The molecule has 11 nitrogen and oxygen atoms in total. The number of aromatic nitrogens is 4. The average Bonchev–Trinajstić information content (AvgIpc) is 3.07. The summed E-state index contributed by atoms with van der Waals surface area (Å²) in [6.45, 7) is 3.33. The van der Waals surface area contributed by atoms with Crippen LogP contribution < -0.4 is 32.0 Å². The van der Waals surface area contributed by atoms with E-state index in [1.54, 1.807) is 86.6 Å². The van der Waals surface area contributed by atoms with Crippen molar-refractivity contribution in [2.45, 2.75) is 39.1 Å². The van der Waals surface area contributed by atoms with E-state index in [0.29, 0.717) is 59.0 Å². The Kier molecular flexibility index (Phi) is 11.4. The highest BCUT2D eigenvalue weighted by molar-refractivity contribution is 6.32. The van der Waals surface area contributed by atoms with Gasteiger partial charge in [-0.2, -0.15) is 0 Å². The molecule has 15 heteroatoms. The lowest BCUT2D eigenvalue weighted by Crippen LogP contribution is -2.43. The smallest absolute Gasteiger partial charge is 0.331 e. The molecule has 0 atom stereocenters. The summed E-state index contributed by atoms with van der Waals surface area (Å²) in [4.78, 5) is 53.5. The van der Waals surface area contributed by atoms with Gasteiger partial charge in [-0.3, -0.25) is 23.3 Å². The third-order valence-corrected chi connectivity index (χ3v) is 8.85. The summed E-state index contributed by atoms with van der Waals surface area (Å²) in [7, 11) is 3.03. The lowest BCUT2D eigenvalue weighted by Gasteiger charge is -2.21. The van der Waals surface area contributed by atoms with Gasteiger partial charge in [0.05, 0.1) is 71.3 Å². The second kappa shape index (κ2) is 15.4. The van der Waals surface area contributed by atoms with E-state index in [1.807, 2.05) is 0 Å². The molecule has 0 radical (unpaired) electrons. The average molecular weight is 774 g/mol. The van der Waals surface area contributed by atoms with Crippen molar-refractivity contribution in [1.29, 1.82) is 0 Å². The molecule has 0 bridgehead atoms. The SMILES string of the molecule is COc1ccc(Cn2c(=O)[nH]c3cc(Cl)ccc3c2=O)cc1Cl.COc1ccc(Cn2c(=O)c3ccc(Cl)cc3n(CC(C)(C)O)c2=O)cc1Cl. The van der Waals surface area contributed by atoms with Gasteiger partial charge in [-0.25, -0.2) is 9.59 Å². The molecule has 0 aliphatic heterocycles. The number of hydrogen-bond donors (Lipinski definition) is 2. The summed E-state index contributed by atoms with van der Waals surface area (Å²) < 4.78 is 13.8. The van der Waals surface area contributed by atoms with Crippen LogP contribution in [-0.2, 0) is 19.6 Å². The van der Waals surface area contributed by atoms with E-state index in [1.165, 1.54) is 18.8 Å². The number of methoxy groups -OCH3 is 2. The second-order valence-corrected chi connectivity index (χ2v) is 13.9. The first-order valence-electron chi connectivity index (χ1n) is 15.3. The van der Waals surface area contributed by atoms with E-state index in [9.17, 15) is 24.3 Å². The van der Waals surface area contributed by atoms with Crippen LogP contribution in [0.2, 0.25) is 20.1 Å². The molecule has 2 heterocycles. The van der Waals surface area contributed by atoms with Crippen LogP contribution in [0.15, 0.2) is 92.0 Å². The maximum absolute atomic E-state index is 13.1. The second-order valence-electron chi connectivity index (χ2n) is 12.2. The van der Waals surface area contributed by atoms with E-state index in [0.717, 1.165) is 14.7 Å². The molecule has 0 amide bonds. The number of aliphatic hydroxyl groups is 1. The van der Waals surface area contributed by atoms with Crippen LogP contribution in [-0.4, -0.2) is 43.6 Å². The van der Waals surface area contributed by atoms with Crippen molar-refractivity contribution in [2.75, 3.05) is 14.2 Å². The molecule has 51 heavy (non-hydrogen) atoms. The highest BCUT2D eigenvalue weighted by Gasteiger charge is 2.20. The number of halogens is 4. The number of H-pyrrole nitrogens is 1. The molecule has 2 aromatic heterocycles. The molecule has 0 aliphatic rings. The first-order chi connectivity index (χ1) is 24.1.